The molecule has 1 unspecified atom stereocenters. The molecule has 0 saturated carbocycles. The zero-order chi connectivity index (χ0) is 27.4. The van der Waals surface area contributed by atoms with E-state index in [4.69, 9.17) is 11.6 Å². The van der Waals surface area contributed by atoms with Crippen molar-refractivity contribution in [2.45, 2.75) is 17.5 Å². The van der Waals surface area contributed by atoms with E-state index in [2.05, 4.69) is 31.5 Å². The number of anilines is 1. The van der Waals surface area contributed by atoms with Crippen LogP contribution in [0.1, 0.15) is 49.1 Å². The van der Waals surface area contributed by atoms with Gasteiger partial charge in [0, 0.05) is 38.1 Å². The first-order chi connectivity index (χ1) is 18.0. The summed E-state index contributed by atoms with van der Waals surface area (Å²) < 4.78 is 67.8. The summed E-state index contributed by atoms with van der Waals surface area (Å²) in [7, 11) is 0. The van der Waals surface area contributed by atoms with Crippen LogP contribution in [0.3, 0.4) is 0 Å². The summed E-state index contributed by atoms with van der Waals surface area (Å²) in [5.74, 6) is -3.48. The summed E-state index contributed by atoms with van der Waals surface area (Å²) in [6.07, 6.45) is -4.88. The van der Waals surface area contributed by atoms with Gasteiger partial charge in [-0.2, -0.15) is 13.2 Å². The van der Waals surface area contributed by atoms with Crippen molar-refractivity contribution in [3.8, 4) is 0 Å². The van der Waals surface area contributed by atoms with Crippen LogP contribution in [0.15, 0.2) is 54.6 Å². The largest absolute Gasteiger partial charge is 0.416 e. The third-order valence-electron chi connectivity index (χ3n) is 6.02. The number of hydrogen-bond donors (Lipinski definition) is 2. The highest BCUT2D eigenvalue weighted by atomic mass is 79.9. The lowest BCUT2D eigenvalue weighted by molar-refractivity contribution is -0.137. The van der Waals surface area contributed by atoms with Gasteiger partial charge >= 0.3 is 6.18 Å². The molecule has 1 aliphatic rings. The molecule has 0 aliphatic carbocycles. The average Bonchev–Trinajstić information content (AvgIpc) is 3.21. The number of carbonyl (C=O) groups excluding carboxylic acids is 2. The molecule has 5 rings (SSSR count). The summed E-state index contributed by atoms with van der Waals surface area (Å²) in [5, 5.41) is 6.18. The Kier molecular flexibility index (Phi) is 6.60. The maximum atomic E-state index is 14.1. The summed E-state index contributed by atoms with van der Waals surface area (Å²) in [5.41, 5.74) is -0.453. The third kappa shape index (κ3) is 4.71. The van der Waals surface area contributed by atoms with Crippen molar-refractivity contribution in [2.24, 2.45) is 0 Å². The van der Waals surface area contributed by atoms with Gasteiger partial charge in [0.2, 0.25) is 0 Å². The zero-order valence-electron chi connectivity index (χ0n) is 18.9. The first-order valence-electron chi connectivity index (χ1n) is 10.9. The molecule has 0 spiro atoms. The fraction of sp³-hybridized carbons (Fsp3) is 0.115. The number of amides is 2. The van der Waals surface area contributed by atoms with Crippen molar-refractivity contribution in [1.29, 1.82) is 0 Å². The van der Waals surface area contributed by atoms with Gasteiger partial charge in [-0.05, 0) is 48.5 Å². The van der Waals surface area contributed by atoms with Crippen LogP contribution in [0, 0.1) is 11.6 Å². The van der Waals surface area contributed by atoms with E-state index in [0.29, 0.717) is 34.1 Å². The topological polar surface area (TPSA) is 71.1 Å². The minimum atomic E-state index is -4.88. The lowest BCUT2D eigenvalue weighted by Crippen LogP contribution is -2.21. The summed E-state index contributed by atoms with van der Waals surface area (Å²) in [4.78, 5) is 30.7. The van der Waals surface area contributed by atoms with Gasteiger partial charge in [-0.1, -0.05) is 33.6 Å². The fourth-order valence-electron chi connectivity index (χ4n) is 4.38. The number of fused-ring (bicyclic) bond motifs is 3. The summed E-state index contributed by atoms with van der Waals surface area (Å²) in [6.45, 7) is 0. The highest BCUT2D eigenvalue weighted by Gasteiger charge is 2.37. The number of hydrogen-bond acceptors (Lipinski definition) is 3. The standard InChI is InChI=1S/C26H14BrClF5N3O2/c27-10-15-2-3-16-19(34-15)9-20(35-24(37)11-5-12(26(31,32)33)7-14(30)6-11)22-21(16)25(38)36-23(22)17-8-13(29)1-4-18(17)28/h1-9,23H,10H2,(H,35,37)(H,36,38). The molecular formula is C26H14BrClF5N3O2. The Balaban J connectivity index is 1.70. The highest BCUT2D eigenvalue weighted by Crippen LogP contribution is 2.42. The van der Waals surface area contributed by atoms with E-state index in [1.807, 2.05) is 0 Å². The molecule has 4 aromatic rings. The molecule has 3 aromatic carbocycles. The van der Waals surface area contributed by atoms with Crippen LogP contribution < -0.4 is 10.6 Å². The number of carbonyl (C=O) groups is 2. The first-order valence-corrected chi connectivity index (χ1v) is 12.4. The maximum Gasteiger partial charge on any atom is 0.416 e. The van der Waals surface area contributed by atoms with Crippen molar-refractivity contribution in [1.82, 2.24) is 10.3 Å². The Morgan fingerprint density at radius 2 is 1.82 bits per heavy atom. The van der Waals surface area contributed by atoms with E-state index in [9.17, 15) is 31.5 Å². The fourth-order valence-corrected chi connectivity index (χ4v) is 4.92. The van der Waals surface area contributed by atoms with Gasteiger partial charge < -0.3 is 10.6 Å². The highest BCUT2D eigenvalue weighted by molar-refractivity contribution is 9.08. The van der Waals surface area contributed by atoms with Crippen LogP contribution in [0.5, 0.6) is 0 Å². The van der Waals surface area contributed by atoms with E-state index in [1.165, 1.54) is 12.1 Å². The Bertz CT molecular complexity index is 1640. The molecule has 0 fully saturated rings. The Labute approximate surface area is 225 Å². The number of benzene rings is 3. The van der Waals surface area contributed by atoms with E-state index in [1.54, 1.807) is 12.1 Å². The van der Waals surface area contributed by atoms with Gasteiger partial charge in [0.25, 0.3) is 11.8 Å². The van der Waals surface area contributed by atoms with E-state index < -0.39 is 46.8 Å². The molecule has 2 heterocycles. The molecule has 1 aromatic heterocycles. The van der Waals surface area contributed by atoms with Gasteiger partial charge in [0.15, 0.2) is 0 Å². The zero-order valence-corrected chi connectivity index (χ0v) is 21.2. The molecule has 2 amide bonds. The van der Waals surface area contributed by atoms with E-state index in [-0.39, 0.29) is 33.5 Å². The van der Waals surface area contributed by atoms with Crippen LogP contribution in [0.25, 0.3) is 10.9 Å². The number of rotatable bonds is 4. The Hall–Kier alpha value is -3.57. The monoisotopic (exact) mass is 609 g/mol. The second-order valence-corrected chi connectivity index (χ2v) is 9.44. The molecule has 2 N–H and O–H groups in total. The van der Waals surface area contributed by atoms with E-state index >= 15 is 0 Å². The SMILES string of the molecule is O=C(Nc1cc2nc(CBr)ccc2c2c1C(c1cc(F)ccc1Cl)NC2=O)c1cc(F)cc(C(F)(F)F)c1. The van der Waals surface area contributed by atoms with E-state index in [0.717, 1.165) is 12.1 Å². The van der Waals surface area contributed by atoms with Gasteiger partial charge in [-0.3, -0.25) is 14.6 Å². The summed E-state index contributed by atoms with van der Waals surface area (Å²) in [6, 6.07) is 8.84. The molecule has 38 heavy (non-hydrogen) atoms. The lowest BCUT2D eigenvalue weighted by Gasteiger charge is -2.19. The third-order valence-corrected chi connectivity index (χ3v) is 6.94. The number of halogens is 7. The van der Waals surface area contributed by atoms with Crippen molar-refractivity contribution in [3.63, 3.8) is 0 Å². The number of pyridine rings is 1. The molecule has 5 nitrogen and oxygen atoms in total. The predicted octanol–water partition coefficient (Wildman–Crippen LogP) is 7.17. The molecule has 0 bridgehead atoms. The Morgan fingerprint density at radius 1 is 1.05 bits per heavy atom. The normalized spacial score (nSPS) is 14.9. The molecule has 1 atom stereocenters. The van der Waals surface area contributed by atoms with Gasteiger partial charge in [-0.15, -0.1) is 0 Å². The van der Waals surface area contributed by atoms with Crippen molar-refractivity contribution < 1.29 is 31.5 Å². The van der Waals surface area contributed by atoms with Crippen molar-refractivity contribution >= 4 is 55.9 Å². The number of alkyl halides is 4. The lowest BCUT2D eigenvalue weighted by atomic mass is 9.93. The van der Waals surface area contributed by atoms with Crippen LogP contribution >= 0.6 is 27.5 Å². The average molecular weight is 611 g/mol. The second-order valence-electron chi connectivity index (χ2n) is 8.47. The molecule has 1 aliphatic heterocycles. The van der Waals surface area contributed by atoms with Crippen LogP contribution in [0.4, 0.5) is 27.6 Å². The second kappa shape index (κ2) is 9.63. The molecule has 0 radical (unpaired) electrons. The minimum Gasteiger partial charge on any atom is -0.341 e. The number of nitrogens with one attached hydrogen (secondary N) is 2. The maximum absolute atomic E-state index is 14.1. The number of aromatic nitrogens is 1. The van der Waals surface area contributed by atoms with Crippen molar-refractivity contribution in [2.75, 3.05) is 5.32 Å². The molecule has 12 heteroatoms. The number of nitrogens with zero attached hydrogens (tertiary/aromatic N) is 1. The van der Waals surface area contributed by atoms with Gasteiger partial charge in [0.05, 0.1) is 28.4 Å². The van der Waals surface area contributed by atoms with Crippen LogP contribution in [-0.4, -0.2) is 16.8 Å². The quantitative estimate of drug-likeness (QED) is 0.190. The molecule has 0 saturated heterocycles. The predicted molar refractivity (Wildman–Crippen MR) is 134 cm³/mol. The molecule has 194 valence electrons. The summed E-state index contributed by atoms with van der Waals surface area (Å²) >= 11 is 9.61. The van der Waals surface area contributed by atoms with Crippen LogP contribution in [-0.2, 0) is 11.5 Å². The first kappa shape index (κ1) is 26.1. The van der Waals surface area contributed by atoms with Gasteiger partial charge in [0.1, 0.15) is 11.6 Å². The van der Waals surface area contributed by atoms with Crippen LogP contribution in [0.2, 0.25) is 5.02 Å². The minimum absolute atomic E-state index is 0.0122. The smallest absolute Gasteiger partial charge is 0.341 e. The van der Waals surface area contributed by atoms with Crippen molar-refractivity contribution in [3.05, 3.63) is 105 Å². The van der Waals surface area contributed by atoms with Gasteiger partial charge in [-0.25, -0.2) is 8.78 Å². The molecular weight excluding hydrogens is 597 g/mol. The Morgan fingerprint density at radius 3 is 2.53 bits per heavy atom.